The maximum Gasteiger partial charge on any atom is 0.314 e. The molecule has 0 aromatic rings. The van der Waals surface area contributed by atoms with Gasteiger partial charge in [0.2, 0.25) is 0 Å². The molecule has 0 bridgehead atoms. The van der Waals surface area contributed by atoms with Gasteiger partial charge in [0, 0.05) is 19.7 Å². The second-order valence-corrected chi connectivity index (χ2v) is 3.28. The highest BCUT2D eigenvalue weighted by molar-refractivity contribution is 5.73. The van der Waals surface area contributed by atoms with Gasteiger partial charge in [-0.05, 0) is 25.2 Å². The number of amides is 2. The molecule has 1 saturated carbocycles. The fraction of sp³-hybridized carbons (Fsp3) is 0.875. The Balaban J connectivity index is 2.23. The molecule has 0 aromatic heterocycles. The molecule has 0 aliphatic heterocycles. The van der Waals surface area contributed by atoms with E-state index in [1.165, 1.54) is 0 Å². The van der Waals surface area contributed by atoms with E-state index in [-0.39, 0.29) is 18.7 Å². The van der Waals surface area contributed by atoms with Crippen molar-refractivity contribution in [1.29, 1.82) is 0 Å². The van der Waals surface area contributed by atoms with Crippen LogP contribution < -0.4 is 10.6 Å². The molecule has 1 aliphatic carbocycles. The summed E-state index contributed by atoms with van der Waals surface area (Å²) in [6.07, 6.45) is 2.91. The monoisotopic (exact) mass is 172 g/mol. The van der Waals surface area contributed by atoms with Crippen molar-refractivity contribution in [3.05, 3.63) is 0 Å². The van der Waals surface area contributed by atoms with Crippen LogP contribution in [-0.4, -0.2) is 30.8 Å². The number of carbonyl (C=O) groups excluding carboxylic acids is 1. The highest BCUT2D eigenvalue weighted by Gasteiger charge is 2.24. The van der Waals surface area contributed by atoms with E-state index < -0.39 is 0 Å². The average molecular weight is 172 g/mol. The summed E-state index contributed by atoms with van der Waals surface area (Å²) in [6, 6.07) is 0.126. The first kappa shape index (κ1) is 9.32. The second-order valence-electron chi connectivity index (χ2n) is 3.28. The van der Waals surface area contributed by atoms with Gasteiger partial charge >= 0.3 is 6.03 Å². The average Bonchev–Trinajstić information content (AvgIpc) is 2.52. The number of urea groups is 1. The van der Waals surface area contributed by atoms with E-state index in [0.29, 0.717) is 5.92 Å². The van der Waals surface area contributed by atoms with Crippen LogP contribution in [0.15, 0.2) is 0 Å². The van der Waals surface area contributed by atoms with Crippen LogP contribution in [0.25, 0.3) is 0 Å². The highest BCUT2D eigenvalue weighted by atomic mass is 16.3. The van der Waals surface area contributed by atoms with E-state index in [0.717, 1.165) is 19.3 Å². The third-order valence-corrected chi connectivity index (χ3v) is 2.36. The van der Waals surface area contributed by atoms with Gasteiger partial charge in [0.1, 0.15) is 0 Å². The van der Waals surface area contributed by atoms with Crippen LogP contribution in [0.4, 0.5) is 4.79 Å². The van der Waals surface area contributed by atoms with Crippen LogP contribution in [0.1, 0.15) is 19.3 Å². The standard InChI is InChI=1S/C8H16N2O2/c1-9-8(12)10-7-3-2-6(4-7)5-11/h6-7,11H,2-5H2,1H3,(H2,9,10,12). The Morgan fingerprint density at radius 1 is 1.58 bits per heavy atom. The van der Waals surface area contributed by atoms with Crippen molar-refractivity contribution in [1.82, 2.24) is 10.6 Å². The van der Waals surface area contributed by atoms with Crippen molar-refractivity contribution >= 4 is 6.03 Å². The quantitative estimate of drug-likeness (QED) is 0.552. The molecule has 0 heterocycles. The number of carbonyl (C=O) groups is 1. The van der Waals surface area contributed by atoms with Crippen molar-refractivity contribution in [2.75, 3.05) is 13.7 Å². The van der Waals surface area contributed by atoms with Crippen LogP contribution in [0.3, 0.4) is 0 Å². The summed E-state index contributed by atoms with van der Waals surface area (Å²) in [4.78, 5) is 10.9. The molecule has 4 heteroatoms. The minimum absolute atomic E-state index is 0.126. The summed E-state index contributed by atoms with van der Waals surface area (Å²) in [5, 5.41) is 14.2. The maximum atomic E-state index is 10.9. The number of aliphatic hydroxyl groups is 1. The summed E-state index contributed by atoms with van der Waals surface area (Å²) in [5.74, 6) is 0.382. The predicted molar refractivity (Wildman–Crippen MR) is 45.8 cm³/mol. The first-order chi connectivity index (χ1) is 5.76. The third kappa shape index (κ3) is 2.37. The summed E-state index contributed by atoms with van der Waals surface area (Å²) in [5.41, 5.74) is 0. The fourth-order valence-corrected chi connectivity index (χ4v) is 1.63. The molecule has 1 rings (SSSR count). The first-order valence-electron chi connectivity index (χ1n) is 4.35. The van der Waals surface area contributed by atoms with Gasteiger partial charge < -0.3 is 15.7 Å². The Morgan fingerprint density at radius 2 is 2.33 bits per heavy atom. The molecule has 12 heavy (non-hydrogen) atoms. The van der Waals surface area contributed by atoms with Crippen LogP contribution in [-0.2, 0) is 0 Å². The largest absolute Gasteiger partial charge is 0.396 e. The maximum absolute atomic E-state index is 10.9. The Labute approximate surface area is 72.3 Å². The van der Waals surface area contributed by atoms with Crippen molar-refractivity contribution in [3.63, 3.8) is 0 Å². The van der Waals surface area contributed by atoms with Gasteiger partial charge in [-0.15, -0.1) is 0 Å². The highest BCUT2D eigenvalue weighted by Crippen LogP contribution is 2.24. The lowest BCUT2D eigenvalue weighted by Crippen LogP contribution is -2.39. The van der Waals surface area contributed by atoms with E-state index in [9.17, 15) is 4.79 Å². The van der Waals surface area contributed by atoms with E-state index in [4.69, 9.17) is 5.11 Å². The van der Waals surface area contributed by atoms with Crippen molar-refractivity contribution in [3.8, 4) is 0 Å². The molecule has 2 atom stereocenters. The van der Waals surface area contributed by atoms with Crippen LogP contribution >= 0.6 is 0 Å². The van der Waals surface area contributed by atoms with Gasteiger partial charge in [0.15, 0.2) is 0 Å². The summed E-state index contributed by atoms with van der Waals surface area (Å²) in [6.45, 7) is 0.242. The number of aliphatic hydroxyl groups excluding tert-OH is 1. The van der Waals surface area contributed by atoms with Gasteiger partial charge in [-0.3, -0.25) is 0 Å². The van der Waals surface area contributed by atoms with Crippen molar-refractivity contribution in [2.24, 2.45) is 5.92 Å². The molecule has 70 valence electrons. The van der Waals surface area contributed by atoms with Crippen molar-refractivity contribution < 1.29 is 9.90 Å². The molecule has 1 fully saturated rings. The number of hydrogen-bond donors (Lipinski definition) is 3. The summed E-state index contributed by atoms with van der Waals surface area (Å²) < 4.78 is 0. The molecular formula is C8H16N2O2. The van der Waals surface area contributed by atoms with Gasteiger partial charge in [-0.2, -0.15) is 0 Å². The zero-order valence-corrected chi connectivity index (χ0v) is 7.34. The van der Waals surface area contributed by atoms with E-state index in [2.05, 4.69) is 10.6 Å². The lowest BCUT2D eigenvalue weighted by Gasteiger charge is -2.11. The van der Waals surface area contributed by atoms with Crippen LogP contribution in [0, 0.1) is 5.92 Å². The lowest BCUT2D eigenvalue weighted by molar-refractivity contribution is 0.224. The lowest BCUT2D eigenvalue weighted by atomic mass is 10.1. The number of rotatable bonds is 2. The zero-order valence-electron chi connectivity index (χ0n) is 7.34. The summed E-state index contributed by atoms with van der Waals surface area (Å²) >= 11 is 0. The topological polar surface area (TPSA) is 61.4 Å². The van der Waals surface area contributed by atoms with Gasteiger partial charge in [0.05, 0.1) is 0 Å². The van der Waals surface area contributed by atoms with E-state index in [1.807, 2.05) is 0 Å². The van der Waals surface area contributed by atoms with Gasteiger partial charge in [-0.1, -0.05) is 0 Å². The molecule has 1 aliphatic rings. The number of hydrogen-bond acceptors (Lipinski definition) is 2. The molecular weight excluding hydrogens is 156 g/mol. The molecule has 2 unspecified atom stereocenters. The zero-order chi connectivity index (χ0) is 8.97. The molecule has 4 nitrogen and oxygen atoms in total. The van der Waals surface area contributed by atoms with Crippen LogP contribution in [0.2, 0.25) is 0 Å². The smallest absolute Gasteiger partial charge is 0.314 e. The number of nitrogens with one attached hydrogen (secondary N) is 2. The Morgan fingerprint density at radius 3 is 2.83 bits per heavy atom. The molecule has 0 saturated heterocycles. The Hall–Kier alpha value is -0.770. The fourth-order valence-electron chi connectivity index (χ4n) is 1.63. The molecule has 0 aromatic carbocycles. The Bertz CT molecular complexity index is 161. The normalized spacial score (nSPS) is 28.5. The SMILES string of the molecule is CNC(=O)NC1CCC(CO)C1. The molecule has 0 spiro atoms. The Kier molecular flexibility index (Phi) is 3.34. The third-order valence-electron chi connectivity index (χ3n) is 2.36. The van der Waals surface area contributed by atoms with E-state index >= 15 is 0 Å². The summed E-state index contributed by atoms with van der Waals surface area (Å²) in [7, 11) is 1.60. The van der Waals surface area contributed by atoms with Gasteiger partial charge in [0.25, 0.3) is 0 Å². The second kappa shape index (κ2) is 4.30. The first-order valence-corrected chi connectivity index (χ1v) is 4.35. The van der Waals surface area contributed by atoms with Crippen molar-refractivity contribution in [2.45, 2.75) is 25.3 Å². The predicted octanol–water partition coefficient (Wildman–Crippen LogP) is 0.0764. The van der Waals surface area contributed by atoms with Crippen LogP contribution in [0.5, 0.6) is 0 Å². The molecule has 0 radical (unpaired) electrons. The minimum Gasteiger partial charge on any atom is -0.396 e. The minimum atomic E-state index is -0.126. The van der Waals surface area contributed by atoms with Gasteiger partial charge in [-0.25, -0.2) is 4.79 Å². The molecule has 2 amide bonds. The van der Waals surface area contributed by atoms with E-state index in [1.54, 1.807) is 7.05 Å². The molecule has 3 N–H and O–H groups in total.